The predicted molar refractivity (Wildman–Crippen MR) is 163 cm³/mol. The third-order valence-corrected chi connectivity index (χ3v) is 8.97. The van der Waals surface area contributed by atoms with Gasteiger partial charge >= 0.3 is 77.4 Å². The van der Waals surface area contributed by atoms with Gasteiger partial charge in [0.15, 0.2) is 0 Å². The van der Waals surface area contributed by atoms with Crippen LogP contribution in [0.25, 0.3) is 10.6 Å². The summed E-state index contributed by atoms with van der Waals surface area (Å²) in [6.07, 6.45) is 0. The molecule has 0 N–H and O–H groups in total. The molecule has 0 aliphatic rings. The molecule has 0 aromatic rings. The van der Waals surface area contributed by atoms with Gasteiger partial charge < -0.3 is 30.2 Å². The number of likely N-dealkylation sites (N-methyl/N-ethyl adjacent to an activating group) is 4. The Labute approximate surface area is 240 Å². The van der Waals surface area contributed by atoms with Crippen molar-refractivity contribution in [3.05, 3.63) is 10.6 Å². The van der Waals surface area contributed by atoms with E-state index in [2.05, 4.69) is 138 Å². The van der Waals surface area contributed by atoms with Crippen molar-refractivity contribution >= 4 is 45.8 Å². The first-order chi connectivity index (χ1) is 15.7. The molecule has 6 nitrogen and oxygen atoms in total. The van der Waals surface area contributed by atoms with E-state index in [1.54, 1.807) is 0 Å². The van der Waals surface area contributed by atoms with E-state index < -0.39 is 0 Å². The average Bonchev–Trinajstić information content (AvgIpc) is 2.75. The molecule has 8 heteroatoms. The monoisotopic (exact) mass is 690 g/mol. The van der Waals surface area contributed by atoms with E-state index in [0.717, 1.165) is 26.2 Å². The number of rotatable bonds is 14. The normalized spacial score (nSPS) is 14.0. The van der Waals surface area contributed by atoms with Crippen LogP contribution in [0.2, 0.25) is 17.7 Å². The van der Waals surface area contributed by atoms with Crippen LogP contribution < -0.4 is 0 Å². The Morgan fingerprint density at radius 1 is 0.500 bits per heavy atom. The summed E-state index contributed by atoms with van der Waals surface area (Å²) in [5.41, 5.74) is 0. The van der Waals surface area contributed by atoms with Crippen molar-refractivity contribution in [1.82, 2.24) is 19.6 Å². The summed E-state index contributed by atoms with van der Waals surface area (Å²) in [6.45, 7) is 17.1. The van der Waals surface area contributed by atoms with E-state index in [1.165, 1.54) is 8.35 Å². The van der Waals surface area contributed by atoms with Gasteiger partial charge in [-0.15, -0.1) is 26.2 Å². The van der Waals surface area contributed by atoms with Crippen molar-refractivity contribution in [3.63, 3.8) is 0 Å². The summed E-state index contributed by atoms with van der Waals surface area (Å²) in [7, 11) is 16.7. The van der Waals surface area contributed by atoms with E-state index >= 15 is 0 Å². The van der Waals surface area contributed by atoms with E-state index in [1.807, 2.05) is 0 Å². The van der Waals surface area contributed by atoms with Crippen LogP contribution in [-0.4, -0.2) is 172 Å². The first-order valence-electron chi connectivity index (χ1n) is 13.2. The van der Waals surface area contributed by atoms with Crippen LogP contribution in [0.3, 0.4) is 0 Å². The number of hydrogen-bond donors (Lipinski definition) is 0. The van der Waals surface area contributed by atoms with Crippen LogP contribution in [0.4, 0.5) is 0 Å². The quantitative estimate of drug-likeness (QED) is 0.261. The van der Waals surface area contributed by atoms with Gasteiger partial charge in [-0.3, -0.25) is 0 Å². The molecule has 34 heavy (non-hydrogen) atoms. The molecule has 0 aromatic carbocycles. The molecule has 0 bridgehead atoms. The fourth-order valence-electron chi connectivity index (χ4n) is 1.84. The number of nitrogens with zero attached hydrogens (tertiary/aromatic N) is 6. The van der Waals surface area contributed by atoms with E-state index in [0.29, 0.717) is 24.2 Å². The predicted octanol–water partition coefficient (Wildman–Crippen LogP) is 4.87. The Balaban J connectivity index is -0.000000202. The maximum atomic E-state index is 4.53. The third-order valence-electron chi connectivity index (χ3n) is 5.68. The Kier molecular flexibility index (Phi) is 38.5. The van der Waals surface area contributed by atoms with Gasteiger partial charge in [-0.25, -0.2) is 0 Å². The van der Waals surface area contributed by atoms with Crippen molar-refractivity contribution in [3.8, 4) is 0 Å². The van der Waals surface area contributed by atoms with Gasteiger partial charge in [0.1, 0.15) is 0 Å². The zero-order chi connectivity index (χ0) is 27.7. The number of hydrogen-bond acceptors (Lipinski definition) is 4. The molecule has 0 fully saturated rings. The van der Waals surface area contributed by atoms with Crippen LogP contribution in [0.1, 0.15) is 41.5 Å². The second kappa shape index (κ2) is 30.7. The molecule has 0 aliphatic carbocycles. The summed E-state index contributed by atoms with van der Waals surface area (Å²) in [5.74, 6) is 0. The van der Waals surface area contributed by atoms with Gasteiger partial charge in [-0.2, -0.15) is 0 Å². The van der Waals surface area contributed by atoms with Crippen LogP contribution in [0.15, 0.2) is 0 Å². The second-order valence-electron chi connectivity index (χ2n) is 10.1. The zero-order valence-corrected chi connectivity index (χ0v) is 33.0. The van der Waals surface area contributed by atoms with Gasteiger partial charge in [-0.05, 0) is 80.5 Å². The van der Waals surface area contributed by atoms with E-state index in [9.17, 15) is 0 Å². The standard InChI is InChI=1S/2C10H24N3.2C2H5.2CH3.2In/c2*1-9(12(3)4)7-11-8-10(2)13(5)6;2*1-2;;;;/h2*9-10H,7-8H2,1-6H3;2*1H2,2H3;2*1H3;;/q2*-1;;;;;2*+1. The molecule has 0 saturated carbocycles. The maximum absolute atomic E-state index is 4.53. The molecule has 0 rings (SSSR count). The van der Waals surface area contributed by atoms with E-state index in [-0.39, 0.29) is 45.8 Å². The van der Waals surface area contributed by atoms with Crippen molar-refractivity contribution in [2.45, 2.75) is 83.4 Å². The molecular formula is C26H64In2N6. The Morgan fingerprint density at radius 2 is 0.676 bits per heavy atom. The molecule has 4 unspecified atom stereocenters. The minimum absolute atomic E-state index is 0.0800. The second-order valence-corrected chi connectivity index (χ2v) is 19.7. The molecule has 0 aliphatic heterocycles. The Hall–Kier alpha value is 1.50. The van der Waals surface area contributed by atoms with Crippen molar-refractivity contribution in [1.29, 1.82) is 0 Å². The van der Waals surface area contributed by atoms with E-state index in [4.69, 9.17) is 0 Å². The first kappa shape index (κ1) is 42.6. The molecule has 204 valence electrons. The molecule has 0 spiro atoms. The average molecular weight is 690 g/mol. The van der Waals surface area contributed by atoms with Crippen molar-refractivity contribution < 1.29 is 0 Å². The van der Waals surface area contributed by atoms with Crippen molar-refractivity contribution in [2.75, 3.05) is 82.6 Å². The molecule has 0 aromatic heterocycles. The van der Waals surface area contributed by atoms with Gasteiger partial charge in [0, 0.05) is 0 Å². The van der Waals surface area contributed by atoms with Crippen LogP contribution in [-0.2, 0) is 0 Å². The fraction of sp³-hybridized carbons (Fsp3) is 1.00. The molecule has 0 radical (unpaired) electrons. The minimum atomic E-state index is 0.0800. The Bertz CT molecular complexity index is 311. The van der Waals surface area contributed by atoms with Gasteiger partial charge in [0.2, 0.25) is 0 Å². The SMILES string of the molecule is CC(C[N-]CC(C)N(C)C)N(C)C.CC(C[N-]CC(C)N(C)C)N(C)C.C[CH2][In+][CH2]C.[CH3][In+][CH3]. The van der Waals surface area contributed by atoms with Crippen LogP contribution >= 0.6 is 0 Å². The Morgan fingerprint density at radius 3 is 0.765 bits per heavy atom. The van der Waals surface area contributed by atoms with Crippen LogP contribution in [0, 0.1) is 0 Å². The fourth-order valence-corrected chi connectivity index (χ4v) is 3.49. The summed E-state index contributed by atoms with van der Waals surface area (Å²) >= 11 is 0.190. The summed E-state index contributed by atoms with van der Waals surface area (Å²) < 4.78 is 7.70. The third kappa shape index (κ3) is 35.7. The van der Waals surface area contributed by atoms with Crippen LogP contribution in [0.5, 0.6) is 0 Å². The first-order valence-corrected chi connectivity index (χ1v) is 24.5. The molecule has 0 heterocycles. The van der Waals surface area contributed by atoms with Gasteiger partial charge in [0.25, 0.3) is 0 Å². The van der Waals surface area contributed by atoms with Gasteiger partial charge in [-0.1, -0.05) is 27.7 Å². The molecular weight excluding hydrogens is 626 g/mol. The summed E-state index contributed by atoms with van der Waals surface area (Å²) in [4.78, 5) is 8.79. The zero-order valence-electron chi connectivity index (χ0n) is 26.4. The van der Waals surface area contributed by atoms with Gasteiger partial charge in [0.05, 0.1) is 0 Å². The molecule has 4 atom stereocenters. The topological polar surface area (TPSA) is 41.2 Å². The summed E-state index contributed by atoms with van der Waals surface area (Å²) in [5, 5.41) is 9.06. The molecule has 0 amide bonds. The van der Waals surface area contributed by atoms with Crippen molar-refractivity contribution in [2.24, 2.45) is 0 Å². The summed E-state index contributed by atoms with van der Waals surface area (Å²) in [6, 6.07) is 2.20. The molecule has 0 saturated heterocycles.